The molecular formula is C19H21FN4O. The van der Waals surface area contributed by atoms with Crippen LogP contribution in [0.3, 0.4) is 0 Å². The summed E-state index contributed by atoms with van der Waals surface area (Å²) in [7, 11) is 1.45. The fourth-order valence-corrected chi connectivity index (χ4v) is 3.58. The number of benzene rings is 1. The first-order valence-electron chi connectivity index (χ1n) is 8.65. The second-order valence-electron chi connectivity index (χ2n) is 6.44. The van der Waals surface area contributed by atoms with Crippen LogP contribution < -0.4 is 15.0 Å². The largest absolute Gasteiger partial charge is 0.494 e. The molecule has 1 aromatic heterocycles. The number of anilines is 3. The van der Waals surface area contributed by atoms with E-state index in [0.29, 0.717) is 17.7 Å². The molecule has 1 aromatic carbocycles. The molecule has 0 amide bonds. The third-order valence-electron chi connectivity index (χ3n) is 4.84. The van der Waals surface area contributed by atoms with Crippen molar-refractivity contribution in [3.05, 3.63) is 41.9 Å². The second kappa shape index (κ2) is 6.70. The minimum Gasteiger partial charge on any atom is -0.494 e. The van der Waals surface area contributed by atoms with Gasteiger partial charge in [-0.1, -0.05) is 25.0 Å². The molecule has 130 valence electrons. The zero-order valence-corrected chi connectivity index (χ0v) is 14.2. The summed E-state index contributed by atoms with van der Waals surface area (Å²) in [4.78, 5) is 11.4. The van der Waals surface area contributed by atoms with Gasteiger partial charge in [-0.2, -0.15) is 4.98 Å². The number of methoxy groups -OCH3 is 1. The van der Waals surface area contributed by atoms with Crippen molar-refractivity contribution in [1.29, 1.82) is 0 Å². The minimum absolute atomic E-state index is 0.217. The van der Waals surface area contributed by atoms with Crippen LogP contribution in [0.15, 0.2) is 30.5 Å². The first-order chi connectivity index (χ1) is 12.2. The van der Waals surface area contributed by atoms with E-state index in [-0.39, 0.29) is 5.75 Å². The number of ether oxygens (including phenoxy) is 1. The number of fused-ring (bicyclic) bond motifs is 1. The maximum atomic E-state index is 13.9. The summed E-state index contributed by atoms with van der Waals surface area (Å²) in [5, 5.41) is 3.09. The molecule has 0 saturated heterocycles. The Labute approximate surface area is 146 Å². The highest BCUT2D eigenvalue weighted by Crippen LogP contribution is 2.32. The Bertz CT molecular complexity index is 802. The van der Waals surface area contributed by atoms with Gasteiger partial charge in [0, 0.05) is 36.1 Å². The van der Waals surface area contributed by atoms with Gasteiger partial charge in [0.25, 0.3) is 0 Å². The van der Waals surface area contributed by atoms with Crippen LogP contribution in [-0.4, -0.2) is 29.7 Å². The Morgan fingerprint density at radius 3 is 2.88 bits per heavy atom. The van der Waals surface area contributed by atoms with Crippen LogP contribution in [0.25, 0.3) is 6.08 Å². The number of hydrogen-bond donors (Lipinski definition) is 1. The molecule has 6 heteroatoms. The molecule has 25 heavy (non-hydrogen) atoms. The van der Waals surface area contributed by atoms with Crippen LogP contribution in [-0.2, 0) is 0 Å². The molecule has 1 fully saturated rings. The Balaban J connectivity index is 1.60. The van der Waals surface area contributed by atoms with Gasteiger partial charge in [-0.3, -0.25) is 0 Å². The van der Waals surface area contributed by atoms with E-state index in [1.807, 2.05) is 6.20 Å². The van der Waals surface area contributed by atoms with Crippen molar-refractivity contribution in [2.45, 2.75) is 31.7 Å². The zero-order valence-electron chi connectivity index (χ0n) is 14.2. The summed E-state index contributed by atoms with van der Waals surface area (Å²) in [6.45, 7) is 0.880. The van der Waals surface area contributed by atoms with Crippen LogP contribution in [0.1, 0.15) is 31.2 Å². The summed E-state index contributed by atoms with van der Waals surface area (Å²) in [6.07, 6.45) is 11.0. The molecule has 0 radical (unpaired) electrons. The van der Waals surface area contributed by atoms with E-state index in [2.05, 4.69) is 27.4 Å². The van der Waals surface area contributed by atoms with E-state index in [1.165, 1.54) is 38.9 Å². The lowest BCUT2D eigenvalue weighted by Gasteiger charge is -2.32. The normalized spacial score (nSPS) is 16.8. The smallest absolute Gasteiger partial charge is 0.229 e. The minimum atomic E-state index is -0.416. The van der Waals surface area contributed by atoms with E-state index < -0.39 is 5.82 Å². The van der Waals surface area contributed by atoms with Gasteiger partial charge in [0.05, 0.1) is 7.11 Å². The van der Waals surface area contributed by atoms with Crippen molar-refractivity contribution in [3.63, 3.8) is 0 Å². The van der Waals surface area contributed by atoms with E-state index in [4.69, 9.17) is 9.72 Å². The standard InChI is InChI=1S/C19H21FN4O/c1-25-17-9-8-14(11-16(17)20)22-19-21-12-13-5-4-10-24(18(13)23-19)15-6-2-3-7-15/h4-5,8-9,11-12,15H,2-3,6-7,10H2,1H3,(H,21,22,23). The van der Waals surface area contributed by atoms with E-state index in [9.17, 15) is 4.39 Å². The number of halogens is 1. The summed E-state index contributed by atoms with van der Waals surface area (Å²) >= 11 is 0. The predicted octanol–water partition coefficient (Wildman–Crippen LogP) is 4.14. The molecule has 1 aliphatic heterocycles. The molecule has 4 rings (SSSR count). The lowest BCUT2D eigenvalue weighted by atomic mass is 10.1. The quantitative estimate of drug-likeness (QED) is 0.906. The van der Waals surface area contributed by atoms with Crippen LogP contribution in [0.2, 0.25) is 0 Å². The van der Waals surface area contributed by atoms with E-state index in [1.54, 1.807) is 12.1 Å². The summed E-state index contributed by atoms with van der Waals surface area (Å²) in [5.74, 6) is 1.23. The highest BCUT2D eigenvalue weighted by atomic mass is 19.1. The lowest BCUT2D eigenvalue weighted by molar-refractivity contribution is 0.386. The highest BCUT2D eigenvalue weighted by Gasteiger charge is 2.26. The SMILES string of the molecule is COc1ccc(Nc2ncc3c(n2)N(C2CCCC2)CC=C3)cc1F. The third-order valence-corrected chi connectivity index (χ3v) is 4.84. The molecule has 0 spiro atoms. The van der Waals surface area contributed by atoms with E-state index >= 15 is 0 Å². The van der Waals surface area contributed by atoms with Gasteiger partial charge < -0.3 is 15.0 Å². The van der Waals surface area contributed by atoms with Crippen molar-refractivity contribution in [3.8, 4) is 5.75 Å². The number of hydrogen-bond acceptors (Lipinski definition) is 5. The Kier molecular flexibility index (Phi) is 4.26. The first-order valence-corrected chi connectivity index (χ1v) is 8.65. The molecule has 2 aliphatic rings. The molecule has 0 atom stereocenters. The number of rotatable bonds is 4. The van der Waals surface area contributed by atoms with Gasteiger partial charge in [0.2, 0.25) is 5.95 Å². The van der Waals surface area contributed by atoms with Crippen molar-refractivity contribution >= 4 is 23.5 Å². The van der Waals surface area contributed by atoms with Crippen LogP contribution in [0, 0.1) is 5.82 Å². The average Bonchev–Trinajstić information content (AvgIpc) is 3.16. The van der Waals surface area contributed by atoms with Gasteiger partial charge in [-0.25, -0.2) is 9.37 Å². The van der Waals surface area contributed by atoms with Gasteiger partial charge >= 0.3 is 0 Å². The molecule has 0 bridgehead atoms. The molecule has 1 aliphatic carbocycles. The third kappa shape index (κ3) is 3.16. The van der Waals surface area contributed by atoms with Crippen molar-refractivity contribution in [2.75, 3.05) is 23.9 Å². The Hall–Kier alpha value is -2.63. The van der Waals surface area contributed by atoms with Crippen LogP contribution in [0.4, 0.5) is 21.8 Å². The van der Waals surface area contributed by atoms with Crippen LogP contribution in [0.5, 0.6) is 5.75 Å². The number of aromatic nitrogens is 2. The zero-order chi connectivity index (χ0) is 17.2. The van der Waals surface area contributed by atoms with Crippen LogP contribution >= 0.6 is 0 Å². The fourth-order valence-electron chi connectivity index (χ4n) is 3.58. The molecule has 1 N–H and O–H groups in total. The fraction of sp³-hybridized carbons (Fsp3) is 0.368. The maximum absolute atomic E-state index is 13.9. The molecule has 2 heterocycles. The summed E-state index contributed by atoms with van der Waals surface area (Å²) in [6, 6.07) is 5.27. The topological polar surface area (TPSA) is 50.3 Å². The van der Waals surface area contributed by atoms with Gasteiger partial charge in [0.15, 0.2) is 11.6 Å². The van der Waals surface area contributed by atoms with E-state index in [0.717, 1.165) is 17.9 Å². The number of nitrogens with one attached hydrogen (secondary N) is 1. The Morgan fingerprint density at radius 2 is 2.12 bits per heavy atom. The van der Waals surface area contributed by atoms with Gasteiger partial charge in [-0.05, 0) is 25.0 Å². The second-order valence-corrected chi connectivity index (χ2v) is 6.44. The molecule has 0 unspecified atom stereocenters. The first kappa shape index (κ1) is 15.9. The summed E-state index contributed by atoms with van der Waals surface area (Å²) < 4.78 is 18.8. The Morgan fingerprint density at radius 1 is 1.28 bits per heavy atom. The molecular weight excluding hydrogens is 319 g/mol. The molecule has 2 aromatic rings. The lowest BCUT2D eigenvalue weighted by Crippen LogP contribution is -2.36. The molecule has 5 nitrogen and oxygen atoms in total. The maximum Gasteiger partial charge on any atom is 0.229 e. The average molecular weight is 340 g/mol. The van der Waals surface area contributed by atoms with Crippen molar-refractivity contribution < 1.29 is 9.13 Å². The van der Waals surface area contributed by atoms with Gasteiger partial charge in [-0.15, -0.1) is 0 Å². The van der Waals surface area contributed by atoms with Crippen molar-refractivity contribution in [2.24, 2.45) is 0 Å². The monoisotopic (exact) mass is 340 g/mol. The summed E-state index contributed by atoms with van der Waals surface area (Å²) in [5.41, 5.74) is 1.63. The predicted molar refractivity (Wildman–Crippen MR) is 96.9 cm³/mol. The highest BCUT2D eigenvalue weighted by molar-refractivity contribution is 5.69. The number of nitrogens with zero attached hydrogens (tertiary/aromatic N) is 3. The van der Waals surface area contributed by atoms with Gasteiger partial charge in [0.1, 0.15) is 5.82 Å². The van der Waals surface area contributed by atoms with Crippen molar-refractivity contribution in [1.82, 2.24) is 9.97 Å². The molecule has 1 saturated carbocycles.